The van der Waals surface area contributed by atoms with Crippen molar-refractivity contribution in [3.8, 4) is 0 Å². The molecule has 8 heteroatoms. The van der Waals surface area contributed by atoms with Crippen LogP contribution in [0.1, 0.15) is 10.4 Å². The highest BCUT2D eigenvalue weighted by Gasteiger charge is 2.17. The van der Waals surface area contributed by atoms with Gasteiger partial charge in [-0.2, -0.15) is 0 Å². The van der Waals surface area contributed by atoms with Crippen molar-refractivity contribution in [3.05, 3.63) is 74.0 Å². The second-order valence-electron chi connectivity index (χ2n) is 5.53. The van der Waals surface area contributed by atoms with Gasteiger partial charge in [-0.3, -0.25) is 24.3 Å². The zero-order valence-electron chi connectivity index (χ0n) is 12.8. The summed E-state index contributed by atoms with van der Waals surface area (Å²) in [4.78, 5) is 38.0. The first-order chi connectivity index (χ1) is 12.0. The molecule has 0 fully saturated rings. The molecule has 0 unspecified atom stereocenters. The molecule has 0 spiro atoms. The first-order valence-electron chi connectivity index (χ1n) is 7.41. The maximum atomic E-state index is 12.7. The number of nitro benzene ring substituents is 1. The van der Waals surface area contributed by atoms with Crippen molar-refractivity contribution in [1.29, 1.82) is 0 Å². The average Bonchev–Trinajstić information content (AvgIpc) is 3.16. The molecular weight excluding hydrogens is 342 g/mol. The van der Waals surface area contributed by atoms with Crippen LogP contribution in [0.15, 0.2) is 53.5 Å². The van der Waals surface area contributed by atoms with Crippen molar-refractivity contribution in [2.24, 2.45) is 0 Å². The van der Waals surface area contributed by atoms with Crippen molar-refractivity contribution >= 4 is 43.9 Å². The Kier molecular flexibility index (Phi) is 3.47. The highest BCUT2D eigenvalue weighted by molar-refractivity contribution is 7.16. The van der Waals surface area contributed by atoms with Crippen LogP contribution < -0.4 is 4.87 Å². The van der Waals surface area contributed by atoms with E-state index in [0.29, 0.717) is 15.8 Å². The van der Waals surface area contributed by atoms with Gasteiger partial charge in [0.25, 0.3) is 5.69 Å². The molecule has 0 bridgehead atoms. The van der Waals surface area contributed by atoms with Gasteiger partial charge in [-0.15, -0.1) is 0 Å². The summed E-state index contributed by atoms with van der Waals surface area (Å²) in [7, 11) is 0. The van der Waals surface area contributed by atoms with Crippen LogP contribution in [0.5, 0.6) is 0 Å². The van der Waals surface area contributed by atoms with Gasteiger partial charge < -0.3 is 4.98 Å². The summed E-state index contributed by atoms with van der Waals surface area (Å²) in [5.41, 5.74) is 1.81. The lowest BCUT2D eigenvalue weighted by molar-refractivity contribution is -0.384. The van der Waals surface area contributed by atoms with Crippen LogP contribution in [-0.2, 0) is 6.54 Å². The normalized spacial score (nSPS) is 11.2. The summed E-state index contributed by atoms with van der Waals surface area (Å²) in [6.07, 6.45) is 1.64. The van der Waals surface area contributed by atoms with Crippen LogP contribution in [0, 0.1) is 10.1 Å². The molecule has 0 aliphatic carbocycles. The molecule has 0 saturated carbocycles. The molecule has 0 saturated heterocycles. The second kappa shape index (κ2) is 5.67. The molecule has 2 aromatic carbocycles. The highest BCUT2D eigenvalue weighted by Crippen LogP contribution is 2.24. The number of ketones is 1. The number of hydrogen-bond acceptors (Lipinski definition) is 5. The van der Waals surface area contributed by atoms with E-state index in [1.54, 1.807) is 6.20 Å². The number of nitrogens with one attached hydrogen (secondary N) is 1. The molecule has 25 heavy (non-hydrogen) atoms. The number of nitro groups is 1. The number of H-pyrrole nitrogens is 1. The minimum absolute atomic E-state index is 0.0798. The minimum atomic E-state index is -0.509. The largest absolute Gasteiger partial charge is 0.360 e. The van der Waals surface area contributed by atoms with Gasteiger partial charge in [-0.25, -0.2) is 0 Å². The lowest BCUT2D eigenvalue weighted by Crippen LogP contribution is -2.19. The van der Waals surface area contributed by atoms with E-state index in [-0.39, 0.29) is 22.9 Å². The SMILES string of the molecule is O=C(Cn1c(=O)sc2cc([N+](=O)[O-])ccc21)c1c[nH]c2ccccc12. The summed E-state index contributed by atoms with van der Waals surface area (Å²) >= 11 is 0.896. The highest BCUT2D eigenvalue weighted by atomic mass is 32.1. The number of non-ortho nitro benzene ring substituents is 1. The van der Waals surface area contributed by atoms with Gasteiger partial charge in [-0.05, 0) is 12.1 Å². The van der Waals surface area contributed by atoms with E-state index in [1.165, 1.54) is 22.8 Å². The maximum absolute atomic E-state index is 12.7. The predicted octanol–water partition coefficient (Wildman–Crippen LogP) is 3.34. The number of rotatable bonds is 4. The van der Waals surface area contributed by atoms with Gasteiger partial charge in [0.2, 0.25) is 0 Å². The molecule has 1 N–H and O–H groups in total. The van der Waals surface area contributed by atoms with Crippen LogP contribution in [0.2, 0.25) is 0 Å². The number of benzene rings is 2. The molecule has 0 amide bonds. The number of aromatic nitrogens is 2. The average molecular weight is 353 g/mol. The number of carbonyl (C=O) groups is 1. The number of para-hydroxylation sites is 1. The van der Waals surface area contributed by atoms with Gasteiger partial charge in [0.05, 0.1) is 21.7 Å². The molecule has 4 rings (SSSR count). The monoisotopic (exact) mass is 353 g/mol. The summed E-state index contributed by atoms with van der Waals surface area (Å²) in [5.74, 6) is -0.197. The van der Waals surface area contributed by atoms with E-state index < -0.39 is 4.92 Å². The fraction of sp³-hybridized carbons (Fsp3) is 0.0588. The third kappa shape index (κ3) is 2.52. The molecule has 4 aromatic rings. The molecular formula is C17H11N3O4S. The summed E-state index contributed by atoms with van der Waals surface area (Å²) in [6.45, 7) is -0.113. The number of fused-ring (bicyclic) bond motifs is 2. The lowest BCUT2D eigenvalue weighted by Gasteiger charge is -2.03. The molecule has 0 atom stereocenters. The predicted molar refractivity (Wildman–Crippen MR) is 95.4 cm³/mol. The quantitative estimate of drug-likeness (QED) is 0.346. The molecule has 2 aromatic heterocycles. The topological polar surface area (TPSA) is 98.0 Å². The molecule has 7 nitrogen and oxygen atoms in total. The van der Waals surface area contributed by atoms with Gasteiger partial charge >= 0.3 is 4.87 Å². The first-order valence-corrected chi connectivity index (χ1v) is 8.23. The zero-order valence-corrected chi connectivity index (χ0v) is 13.6. The number of thiazole rings is 1. The third-order valence-electron chi connectivity index (χ3n) is 4.05. The Bertz CT molecular complexity index is 1200. The Morgan fingerprint density at radius 2 is 2.04 bits per heavy atom. The number of hydrogen-bond donors (Lipinski definition) is 1. The van der Waals surface area contributed by atoms with E-state index in [1.807, 2.05) is 24.3 Å². The third-order valence-corrected chi connectivity index (χ3v) is 5.00. The Labute approximate surface area is 144 Å². The fourth-order valence-electron chi connectivity index (χ4n) is 2.85. The van der Waals surface area contributed by atoms with Crippen LogP contribution in [0.25, 0.3) is 21.1 Å². The Balaban J connectivity index is 1.75. The molecule has 0 aliphatic rings. The van der Waals surface area contributed by atoms with Gasteiger partial charge in [-0.1, -0.05) is 29.5 Å². The number of Topliss-reactive ketones (excluding diaryl/α,β-unsaturated/α-hetero) is 1. The molecule has 0 aliphatic heterocycles. The van der Waals surface area contributed by atoms with E-state index in [0.717, 1.165) is 22.2 Å². The standard InChI is InChI=1S/C17H11N3O4S/c21-15(12-8-18-13-4-2-1-3-11(12)13)9-19-14-6-5-10(20(23)24)7-16(14)25-17(19)22/h1-8,18H,9H2. The van der Waals surface area contributed by atoms with Crippen molar-refractivity contribution < 1.29 is 9.72 Å². The molecule has 124 valence electrons. The smallest absolute Gasteiger partial charge is 0.308 e. The maximum Gasteiger partial charge on any atom is 0.308 e. The fourth-order valence-corrected chi connectivity index (χ4v) is 3.77. The molecule has 0 radical (unpaired) electrons. The number of carbonyl (C=O) groups excluding carboxylic acids is 1. The second-order valence-corrected chi connectivity index (χ2v) is 6.53. The van der Waals surface area contributed by atoms with Crippen molar-refractivity contribution in [3.63, 3.8) is 0 Å². The zero-order chi connectivity index (χ0) is 17.6. The number of nitrogens with zero attached hydrogens (tertiary/aromatic N) is 2. The van der Waals surface area contributed by atoms with Gasteiger partial charge in [0.15, 0.2) is 5.78 Å². The summed E-state index contributed by atoms with van der Waals surface area (Å²) < 4.78 is 1.85. The lowest BCUT2D eigenvalue weighted by atomic mass is 10.1. The Hall–Kier alpha value is -3.26. The van der Waals surface area contributed by atoms with Crippen molar-refractivity contribution in [2.45, 2.75) is 6.54 Å². The Morgan fingerprint density at radius 1 is 1.24 bits per heavy atom. The van der Waals surface area contributed by atoms with Crippen molar-refractivity contribution in [1.82, 2.24) is 9.55 Å². The van der Waals surface area contributed by atoms with Crippen LogP contribution in [-0.4, -0.2) is 20.3 Å². The van der Waals surface area contributed by atoms with Gasteiger partial charge in [0.1, 0.15) is 0 Å². The van der Waals surface area contributed by atoms with E-state index in [4.69, 9.17) is 0 Å². The minimum Gasteiger partial charge on any atom is -0.360 e. The van der Waals surface area contributed by atoms with E-state index in [9.17, 15) is 19.7 Å². The number of aromatic amines is 1. The van der Waals surface area contributed by atoms with Crippen LogP contribution in [0.3, 0.4) is 0 Å². The van der Waals surface area contributed by atoms with Crippen LogP contribution >= 0.6 is 11.3 Å². The van der Waals surface area contributed by atoms with E-state index in [2.05, 4.69) is 4.98 Å². The van der Waals surface area contributed by atoms with Crippen molar-refractivity contribution in [2.75, 3.05) is 0 Å². The van der Waals surface area contributed by atoms with E-state index >= 15 is 0 Å². The van der Waals surface area contributed by atoms with Gasteiger partial charge in [0, 0.05) is 34.8 Å². The Morgan fingerprint density at radius 3 is 2.84 bits per heavy atom. The van der Waals surface area contributed by atoms with Crippen LogP contribution in [0.4, 0.5) is 5.69 Å². The summed E-state index contributed by atoms with van der Waals surface area (Å²) in [6, 6.07) is 11.6. The molecule has 2 heterocycles. The first kappa shape index (κ1) is 15.3. The summed E-state index contributed by atoms with van der Waals surface area (Å²) in [5, 5.41) is 11.7.